The van der Waals surface area contributed by atoms with Gasteiger partial charge in [0.05, 0.1) is 0 Å². The number of hydrogen-bond donors (Lipinski definition) is 1. The molecule has 0 saturated carbocycles. The molecule has 0 heterocycles. The average molecular weight is 218 g/mol. The van der Waals surface area contributed by atoms with Crippen molar-refractivity contribution >= 4 is 23.2 Å². The predicted octanol–water partition coefficient (Wildman–Crippen LogP) is 3.23. The van der Waals surface area contributed by atoms with Gasteiger partial charge in [-0.15, -0.1) is 0 Å². The van der Waals surface area contributed by atoms with E-state index in [2.05, 4.69) is 0 Å². The van der Waals surface area contributed by atoms with Gasteiger partial charge in [0.2, 0.25) is 0 Å². The van der Waals surface area contributed by atoms with Gasteiger partial charge in [-0.3, -0.25) is 0 Å². The lowest BCUT2D eigenvalue weighted by Crippen LogP contribution is -2.28. The van der Waals surface area contributed by atoms with E-state index in [0.717, 1.165) is 5.56 Å². The van der Waals surface area contributed by atoms with Crippen molar-refractivity contribution in [2.24, 2.45) is 5.73 Å². The maximum Gasteiger partial charge on any atom is 0.0458 e. The van der Waals surface area contributed by atoms with Crippen LogP contribution in [0, 0.1) is 0 Å². The maximum absolute atomic E-state index is 6.05. The van der Waals surface area contributed by atoms with Crippen LogP contribution in [0.15, 0.2) is 18.2 Å². The topological polar surface area (TPSA) is 26.0 Å². The summed E-state index contributed by atoms with van der Waals surface area (Å²) in [6.45, 7) is 4.58. The molecule has 72 valence electrons. The highest BCUT2D eigenvalue weighted by Gasteiger charge is 2.23. The quantitative estimate of drug-likeness (QED) is 0.810. The van der Waals surface area contributed by atoms with E-state index in [1.54, 1.807) is 0 Å². The zero-order valence-corrected chi connectivity index (χ0v) is 9.28. The molecule has 0 radical (unpaired) electrons. The van der Waals surface area contributed by atoms with Crippen molar-refractivity contribution < 1.29 is 0 Å². The Kier molecular flexibility index (Phi) is 3.23. The minimum atomic E-state index is -0.171. The molecule has 1 rings (SSSR count). The van der Waals surface area contributed by atoms with Crippen molar-refractivity contribution in [1.82, 2.24) is 0 Å². The van der Waals surface area contributed by atoms with Gasteiger partial charge in [0.15, 0.2) is 0 Å². The van der Waals surface area contributed by atoms with Crippen molar-refractivity contribution in [3.05, 3.63) is 33.8 Å². The molecular weight excluding hydrogens is 205 g/mol. The Hall–Kier alpha value is -0.240. The van der Waals surface area contributed by atoms with E-state index in [0.29, 0.717) is 16.6 Å². The number of halogens is 2. The minimum absolute atomic E-state index is 0.171. The molecule has 3 heteroatoms. The van der Waals surface area contributed by atoms with E-state index in [1.807, 2.05) is 32.0 Å². The second kappa shape index (κ2) is 3.87. The van der Waals surface area contributed by atoms with Crippen LogP contribution in [-0.4, -0.2) is 6.54 Å². The van der Waals surface area contributed by atoms with Gasteiger partial charge in [0.1, 0.15) is 0 Å². The summed E-state index contributed by atoms with van der Waals surface area (Å²) in [7, 11) is 0. The normalized spacial score (nSPS) is 11.8. The molecule has 1 aromatic rings. The van der Waals surface area contributed by atoms with E-state index in [1.165, 1.54) is 0 Å². The van der Waals surface area contributed by atoms with Gasteiger partial charge in [0.25, 0.3) is 0 Å². The van der Waals surface area contributed by atoms with Crippen LogP contribution in [-0.2, 0) is 5.41 Å². The van der Waals surface area contributed by atoms with Crippen LogP contribution in [0.2, 0.25) is 10.0 Å². The lowest BCUT2D eigenvalue weighted by Gasteiger charge is -2.25. The maximum atomic E-state index is 6.05. The number of hydrogen-bond acceptors (Lipinski definition) is 1. The molecule has 0 aromatic heterocycles. The Balaban J connectivity index is 3.28. The predicted molar refractivity (Wildman–Crippen MR) is 58.5 cm³/mol. The van der Waals surface area contributed by atoms with Gasteiger partial charge in [-0.25, -0.2) is 0 Å². The van der Waals surface area contributed by atoms with Crippen LogP contribution in [0.5, 0.6) is 0 Å². The van der Waals surface area contributed by atoms with Gasteiger partial charge in [0, 0.05) is 22.0 Å². The molecule has 1 aromatic carbocycles. The highest BCUT2D eigenvalue weighted by Crippen LogP contribution is 2.34. The van der Waals surface area contributed by atoms with Crippen LogP contribution >= 0.6 is 23.2 Å². The van der Waals surface area contributed by atoms with Crippen molar-refractivity contribution in [2.45, 2.75) is 19.3 Å². The molecule has 0 saturated heterocycles. The fraction of sp³-hybridized carbons (Fsp3) is 0.400. The van der Waals surface area contributed by atoms with Crippen LogP contribution in [0.25, 0.3) is 0 Å². The summed E-state index contributed by atoms with van der Waals surface area (Å²) in [5.74, 6) is 0. The zero-order valence-electron chi connectivity index (χ0n) is 7.77. The first-order valence-electron chi connectivity index (χ1n) is 4.13. The summed E-state index contributed by atoms with van der Waals surface area (Å²) in [6, 6.07) is 5.50. The van der Waals surface area contributed by atoms with E-state index < -0.39 is 0 Å². The van der Waals surface area contributed by atoms with E-state index in [9.17, 15) is 0 Å². The van der Waals surface area contributed by atoms with Gasteiger partial charge in [-0.1, -0.05) is 43.1 Å². The van der Waals surface area contributed by atoms with E-state index in [4.69, 9.17) is 28.9 Å². The van der Waals surface area contributed by atoms with Gasteiger partial charge >= 0.3 is 0 Å². The molecule has 0 spiro atoms. The summed E-state index contributed by atoms with van der Waals surface area (Å²) in [5.41, 5.74) is 6.42. The second-order valence-corrected chi connectivity index (χ2v) is 4.50. The summed E-state index contributed by atoms with van der Waals surface area (Å²) in [6.07, 6.45) is 0. The second-order valence-electron chi connectivity index (χ2n) is 3.68. The molecule has 0 bridgehead atoms. The molecule has 0 aliphatic rings. The lowest BCUT2D eigenvalue weighted by atomic mass is 9.85. The van der Waals surface area contributed by atoms with Crippen LogP contribution in [0.3, 0.4) is 0 Å². The molecular formula is C10H13Cl2N. The molecule has 0 fully saturated rings. The minimum Gasteiger partial charge on any atom is -0.330 e. The monoisotopic (exact) mass is 217 g/mol. The number of nitrogens with two attached hydrogens (primary N) is 1. The number of rotatable bonds is 2. The van der Waals surface area contributed by atoms with Crippen molar-refractivity contribution in [3.8, 4) is 0 Å². The fourth-order valence-electron chi connectivity index (χ4n) is 1.25. The highest BCUT2D eigenvalue weighted by atomic mass is 35.5. The Morgan fingerprint density at radius 2 is 1.69 bits per heavy atom. The van der Waals surface area contributed by atoms with Crippen molar-refractivity contribution in [3.63, 3.8) is 0 Å². The Morgan fingerprint density at radius 1 is 1.23 bits per heavy atom. The zero-order chi connectivity index (χ0) is 10.1. The smallest absolute Gasteiger partial charge is 0.0458 e. The lowest BCUT2D eigenvalue weighted by molar-refractivity contribution is 0.539. The summed E-state index contributed by atoms with van der Waals surface area (Å²) < 4.78 is 0. The Bertz CT molecular complexity index is 288. The summed E-state index contributed by atoms with van der Waals surface area (Å²) >= 11 is 12.1. The molecule has 0 aliphatic heterocycles. The summed E-state index contributed by atoms with van der Waals surface area (Å²) in [5, 5.41) is 1.37. The third-order valence-electron chi connectivity index (χ3n) is 2.15. The largest absolute Gasteiger partial charge is 0.330 e. The molecule has 0 atom stereocenters. The van der Waals surface area contributed by atoms with Crippen LogP contribution < -0.4 is 5.73 Å². The van der Waals surface area contributed by atoms with Crippen LogP contribution in [0.4, 0.5) is 0 Å². The first kappa shape index (κ1) is 10.8. The molecule has 0 amide bonds. The SMILES string of the molecule is CC(C)(CN)c1c(Cl)cccc1Cl. The third kappa shape index (κ3) is 2.16. The highest BCUT2D eigenvalue weighted by molar-refractivity contribution is 6.36. The van der Waals surface area contributed by atoms with Gasteiger partial charge in [-0.2, -0.15) is 0 Å². The number of benzene rings is 1. The van der Waals surface area contributed by atoms with E-state index >= 15 is 0 Å². The fourth-order valence-corrected chi connectivity index (χ4v) is 2.16. The van der Waals surface area contributed by atoms with E-state index in [-0.39, 0.29) is 5.41 Å². The molecule has 2 N–H and O–H groups in total. The molecule has 0 aliphatic carbocycles. The first-order chi connectivity index (χ1) is 5.99. The Labute approximate surface area is 88.8 Å². The van der Waals surface area contributed by atoms with Crippen LogP contribution in [0.1, 0.15) is 19.4 Å². The van der Waals surface area contributed by atoms with Crippen molar-refractivity contribution in [2.75, 3.05) is 6.54 Å². The standard InChI is InChI=1S/C10H13Cl2N/c1-10(2,6-13)9-7(11)4-3-5-8(9)12/h3-5H,6,13H2,1-2H3. The average Bonchev–Trinajstić information content (AvgIpc) is 2.03. The van der Waals surface area contributed by atoms with Crippen molar-refractivity contribution in [1.29, 1.82) is 0 Å². The van der Waals surface area contributed by atoms with Gasteiger partial charge < -0.3 is 5.73 Å². The van der Waals surface area contributed by atoms with Gasteiger partial charge in [-0.05, 0) is 17.7 Å². The molecule has 1 nitrogen and oxygen atoms in total. The molecule has 13 heavy (non-hydrogen) atoms. The summed E-state index contributed by atoms with van der Waals surface area (Å²) in [4.78, 5) is 0. The first-order valence-corrected chi connectivity index (χ1v) is 4.89. The molecule has 0 unspecified atom stereocenters. The Morgan fingerprint density at radius 3 is 2.08 bits per heavy atom. The third-order valence-corrected chi connectivity index (χ3v) is 2.78.